The van der Waals surface area contributed by atoms with Gasteiger partial charge in [0.25, 0.3) is 5.91 Å². The largest absolute Gasteiger partial charge is 0.376 e. The van der Waals surface area contributed by atoms with Crippen LogP contribution in [0.2, 0.25) is 0 Å². The van der Waals surface area contributed by atoms with Crippen molar-refractivity contribution < 1.29 is 14.1 Å². The van der Waals surface area contributed by atoms with Gasteiger partial charge >= 0.3 is 0 Å². The van der Waals surface area contributed by atoms with Gasteiger partial charge in [-0.25, -0.2) is 0 Å². The fourth-order valence-corrected chi connectivity index (χ4v) is 4.18. The molecule has 7 heteroatoms. The first-order chi connectivity index (χ1) is 13.1. The Kier molecular flexibility index (Phi) is 4.97. The van der Waals surface area contributed by atoms with Gasteiger partial charge in [-0.1, -0.05) is 11.2 Å². The van der Waals surface area contributed by atoms with Crippen molar-refractivity contribution in [3.63, 3.8) is 0 Å². The number of aryl methyl sites for hydroxylation is 1. The number of nitrogens with zero attached hydrogens (tertiary/aromatic N) is 4. The van der Waals surface area contributed by atoms with Crippen LogP contribution in [0.15, 0.2) is 35.1 Å². The second-order valence-corrected chi connectivity index (χ2v) is 7.87. The second-order valence-electron chi connectivity index (χ2n) is 7.87. The quantitative estimate of drug-likeness (QED) is 0.803. The molecule has 2 saturated heterocycles. The number of amides is 1. The van der Waals surface area contributed by atoms with Gasteiger partial charge < -0.3 is 14.2 Å². The van der Waals surface area contributed by atoms with E-state index in [0.29, 0.717) is 18.3 Å². The van der Waals surface area contributed by atoms with E-state index < -0.39 is 0 Å². The van der Waals surface area contributed by atoms with Crippen molar-refractivity contribution in [3.05, 3.63) is 47.6 Å². The zero-order chi connectivity index (χ0) is 18.9. The van der Waals surface area contributed by atoms with E-state index in [1.165, 1.54) is 0 Å². The summed E-state index contributed by atoms with van der Waals surface area (Å²) in [4.78, 5) is 20.9. The Bertz CT molecular complexity index is 786. The molecule has 2 fully saturated rings. The monoisotopic (exact) mass is 370 g/mol. The third-order valence-corrected chi connectivity index (χ3v) is 5.79. The van der Waals surface area contributed by atoms with Crippen LogP contribution in [0.5, 0.6) is 0 Å². The van der Waals surface area contributed by atoms with E-state index in [0.717, 1.165) is 50.3 Å². The van der Waals surface area contributed by atoms with Crippen molar-refractivity contribution in [2.24, 2.45) is 5.92 Å². The predicted octanol–water partition coefficient (Wildman–Crippen LogP) is 2.13. The van der Waals surface area contributed by atoms with Crippen molar-refractivity contribution in [3.8, 4) is 0 Å². The van der Waals surface area contributed by atoms with Crippen LogP contribution < -0.4 is 0 Å². The molecule has 0 aromatic carbocycles. The minimum atomic E-state index is -0.0652. The van der Waals surface area contributed by atoms with Crippen molar-refractivity contribution in [1.82, 2.24) is 19.9 Å². The van der Waals surface area contributed by atoms with Gasteiger partial charge in [-0.05, 0) is 50.9 Å². The first-order valence-electron chi connectivity index (χ1n) is 9.46. The van der Waals surface area contributed by atoms with E-state index in [-0.39, 0.29) is 11.4 Å². The Hall–Kier alpha value is -2.25. The van der Waals surface area contributed by atoms with E-state index in [9.17, 15) is 4.79 Å². The Morgan fingerprint density at radius 1 is 1.44 bits per heavy atom. The highest BCUT2D eigenvalue weighted by atomic mass is 16.5. The molecule has 0 saturated carbocycles. The lowest BCUT2D eigenvalue weighted by Crippen LogP contribution is -2.72. The van der Waals surface area contributed by atoms with Crippen LogP contribution in [-0.4, -0.2) is 64.7 Å². The highest BCUT2D eigenvalue weighted by molar-refractivity contribution is 5.92. The summed E-state index contributed by atoms with van der Waals surface area (Å²) in [5.41, 5.74) is 1.89. The molecular formula is C20H26N4O3. The third kappa shape index (κ3) is 3.75. The molecule has 0 bridgehead atoms. The SMILES string of the molecule is Cc1cc(C(=O)N2CC3(CC(COCc4cccnc4)CCN3C)C2)on1. The first-order valence-corrected chi connectivity index (χ1v) is 9.46. The van der Waals surface area contributed by atoms with Gasteiger partial charge in [0.1, 0.15) is 0 Å². The van der Waals surface area contributed by atoms with Crippen LogP contribution in [-0.2, 0) is 11.3 Å². The molecule has 1 unspecified atom stereocenters. The van der Waals surface area contributed by atoms with Crippen molar-refractivity contribution in [2.75, 3.05) is 33.3 Å². The maximum atomic E-state index is 12.5. The molecule has 7 nitrogen and oxygen atoms in total. The molecule has 2 aromatic rings. The zero-order valence-corrected chi connectivity index (χ0v) is 15.9. The number of piperidine rings is 1. The average Bonchev–Trinajstić information content (AvgIpc) is 3.08. The lowest BCUT2D eigenvalue weighted by atomic mass is 9.75. The van der Waals surface area contributed by atoms with Crippen LogP contribution in [0, 0.1) is 12.8 Å². The molecule has 1 atom stereocenters. The highest BCUT2D eigenvalue weighted by Gasteiger charge is 2.51. The molecule has 4 heterocycles. The fourth-order valence-electron chi connectivity index (χ4n) is 4.18. The highest BCUT2D eigenvalue weighted by Crippen LogP contribution is 2.39. The summed E-state index contributed by atoms with van der Waals surface area (Å²) in [6.07, 6.45) is 5.79. The number of hydrogen-bond acceptors (Lipinski definition) is 6. The summed E-state index contributed by atoms with van der Waals surface area (Å²) in [5.74, 6) is 0.782. The normalized spacial score (nSPS) is 22.0. The molecule has 27 heavy (non-hydrogen) atoms. The van der Waals surface area contributed by atoms with Crippen molar-refractivity contribution in [1.29, 1.82) is 0 Å². The van der Waals surface area contributed by atoms with Crippen molar-refractivity contribution in [2.45, 2.75) is 31.9 Å². The number of aromatic nitrogens is 2. The molecule has 0 N–H and O–H groups in total. The summed E-state index contributed by atoms with van der Waals surface area (Å²) >= 11 is 0. The number of carbonyl (C=O) groups excluding carboxylic acids is 1. The number of ether oxygens (including phenoxy) is 1. The summed E-state index contributed by atoms with van der Waals surface area (Å²) in [7, 11) is 2.16. The number of hydrogen-bond donors (Lipinski definition) is 0. The van der Waals surface area contributed by atoms with Gasteiger partial charge in [0.05, 0.1) is 17.8 Å². The van der Waals surface area contributed by atoms with Gasteiger partial charge in [0, 0.05) is 38.2 Å². The second kappa shape index (κ2) is 7.40. The average molecular weight is 370 g/mol. The summed E-state index contributed by atoms with van der Waals surface area (Å²) < 4.78 is 11.1. The van der Waals surface area contributed by atoms with Gasteiger partial charge in [0.15, 0.2) is 0 Å². The number of carbonyl (C=O) groups is 1. The third-order valence-electron chi connectivity index (χ3n) is 5.79. The standard InChI is InChI=1S/C20H26N4O3/c1-15-8-18(27-22-15)19(25)24-13-20(14-24)9-16(5-7-23(20)2)11-26-12-17-4-3-6-21-10-17/h3-4,6,8,10,16H,5,7,9,11-14H2,1-2H3. The predicted molar refractivity (Wildman–Crippen MR) is 99.1 cm³/mol. The lowest BCUT2D eigenvalue weighted by Gasteiger charge is -2.58. The Labute approximate surface area is 159 Å². The van der Waals surface area contributed by atoms with Crippen LogP contribution >= 0.6 is 0 Å². The minimum Gasteiger partial charge on any atom is -0.376 e. The van der Waals surface area contributed by atoms with Gasteiger partial charge in [0.2, 0.25) is 5.76 Å². The van der Waals surface area contributed by atoms with Gasteiger partial charge in [-0.3, -0.25) is 14.7 Å². The summed E-state index contributed by atoms with van der Waals surface area (Å²) in [6.45, 7) is 5.68. The van der Waals surface area contributed by atoms with Crippen molar-refractivity contribution >= 4 is 5.91 Å². The maximum Gasteiger partial charge on any atom is 0.292 e. The Morgan fingerprint density at radius 3 is 3.00 bits per heavy atom. The minimum absolute atomic E-state index is 0.0608. The molecule has 144 valence electrons. The topological polar surface area (TPSA) is 71.7 Å². The van der Waals surface area contributed by atoms with E-state index in [2.05, 4.69) is 22.1 Å². The smallest absolute Gasteiger partial charge is 0.292 e. The molecule has 4 rings (SSSR count). The molecule has 2 aliphatic rings. The summed E-state index contributed by atoms with van der Waals surface area (Å²) in [5, 5.41) is 3.81. The molecule has 0 radical (unpaired) electrons. The fraction of sp³-hybridized carbons (Fsp3) is 0.550. The first kappa shape index (κ1) is 18.1. The number of rotatable bonds is 5. The van der Waals surface area contributed by atoms with Gasteiger partial charge in [-0.2, -0.15) is 0 Å². The van der Waals surface area contributed by atoms with Crippen LogP contribution in [0.25, 0.3) is 0 Å². The van der Waals surface area contributed by atoms with Crippen LogP contribution in [0.4, 0.5) is 0 Å². The number of pyridine rings is 1. The lowest BCUT2D eigenvalue weighted by molar-refractivity contribution is -0.0776. The van der Waals surface area contributed by atoms with E-state index in [1.54, 1.807) is 12.3 Å². The Morgan fingerprint density at radius 2 is 2.30 bits per heavy atom. The van der Waals surface area contributed by atoms with Crippen LogP contribution in [0.1, 0.15) is 34.7 Å². The van der Waals surface area contributed by atoms with E-state index in [4.69, 9.17) is 9.26 Å². The molecule has 1 amide bonds. The van der Waals surface area contributed by atoms with Gasteiger partial charge in [-0.15, -0.1) is 0 Å². The molecule has 2 aromatic heterocycles. The molecule has 2 aliphatic heterocycles. The number of likely N-dealkylation sites (tertiary alicyclic amines) is 2. The zero-order valence-electron chi connectivity index (χ0n) is 15.9. The Balaban J connectivity index is 1.30. The molecular weight excluding hydrogens is 344 g/mol. The summed E-state index contributed by atoms with van der Waals surface area (Å²) in [6, 6.07) is 5.66. The number of likely N-dealkylation sites (N-methyl/N-ethyl adjacent to an activating group) is 1. The molecule has 1 spiro atoms. The van der Waals surface area contributed by atoms with Crippen LogP contribution in [0.3, 0.4) is 0 Å². The van der Waals surface area contributed by atoms with E-state index in [1.807, 2.05) is 30.2 Å². The van der Waals surface area contributed by atoms with E-state index >= 15 is 0 Å². The molecule has 0 aliphatic carbocycles. The maximum absolute atomic E-state index is 12.5.